The Bertz CT molecular complexity index is 1860. The van der Waals surface area contributed by atoms with E-state index in [1.807, 2.05) is 4.90 Å². The molecule has 1 aliphatic carbocycles. The van der Waals surface area contributed by atoms with Crippen molar-refractivity contribution in [1.29, 1.82) is 0 Å². The number of halogens is 1. The first kappa shape index (κ1) is 27.6. The first-order valence-corrected chi connectivity index (χ1v) is 14.2. The van der Waals surface area contributed by atoms with E-state index >= 15 is 0 Å². The summed E-state index contributed by atoms with van der Waals surface area (Å²) in [5, 5.41) is 0. The molecule has 3 atom stereocenters. The molecule has 1 spiro atoms. The third kappa shape index (κ3) is 3.70. The van der Waals surface area contributed by atoms with Gasteiger partial charge in [0.15, 0.2) is 17.3 Å². The molecule has 4 aromatic carbocycles. The average Bonchev–Trinajstić information content (AvgIpc) is 3.49. The number of carbonyl (C=O) groups is 3. The molecule has 0 aromatic heterocycles. The highest BCUT2D eigenvalue weighted by Gasteiger charge is 2.72. The zero-order chi connectivity index (χ0) is 30.7. The summed E-state index contributed by atoms with van der Waals surface area (Å²) in [5.74, 6) is -1.13. The van der Waals surface area contributed by atoms with E-state index in [9.17, 15) is 18.8 Å². The molecule has 4 aromatic rings. The summed E-state index contributed by atoms with van der Waals surface area (Å²) in [6.07, 6.45) is 3.48. The molecule has 7 rings (SSSR count). The molecule has 0 saturated carbocycles. The van der Waals surface area contributed by atoms with E-state index < -0.39 is 29.2 Å². The number of ketones is 3. The van der Waals surface area contributed by atoms with Gasteiger partial charge in [-0.05, 0) is 36.4 Å². The van der Waals surface area contributed by atoms with Gasteiger partial charge in [0.2, 0.25) is 0 Å². The molecular formula is C36H28FNO6. The minimum Gasteiger partial charge on any atom is -0.497 e. The van der Waals surface area contributed by atoms with Gasteiger partial charge in [-0.25, -0.2) is 4.39 Å². The van der Waals surface area contributed by atoms with Crippen LogP contribution < -0.4 is 19.1 Å². The third-order valence-electron chi connectivity index (χ3n) is 9.16. The molecule has 1 saturated heterocycles. The van der Waals surface area contributed by atoms with E-state index in [0.717, 1.165) is 0 Å². The molecule has 0 bridgehead atoms. The smallest absolute Gasteiger partial charge is 0.186 e. The first-order valence-electron chi connectivity index (χ1n) is 14.2. The van der Waals surface area contributed by atoms with E-state index in [4.69, 9.17) is 14.2 Å². The van der Waals surface area contributed by atoms with Crippen LogP contribution in [0.25, 0.3) is 6.08 Å². The van der Waals surface area contributed by atoms with Crippen LogP contribution in [-0.2, 0) is 0 Å². The highest BCUT2D eigenvalue weighted by Crippen LogP contribution is 2.62. The van der Waals surface area contributed by atoms with Crippen LogP contribution in [0.1, 0.15) is 48.1 Å². The van der Waals surface area contributed by atoms with Crippen LogP contribution in [0.2, 0.25) is 0 Å². The number of fused-ring (bicyclic) bond motifs is 5. The molecule has 2 aliphatic heterocycles. The maximum absolute atomic E-state index is 14.9. The zero-order valence-electron chi connectivity index (χ0n) is 24.2. The van der Waals surface area contributed by atoms with Crippen molar-refractivity contribution in [3.05, 3.63) is 125 Å². The van der Waals surface area contributed by atoms with E-state index in [0.29, 0.717) is 50.8 Å². The number of carbonyl (C=O) groups excluding carboxylic acids is 3. The van der Waals surface area contributed by atoms with Crippen molar-refractivity contribution in [3.8, 4) is 17.2 Å². The third-order valence-corrected chi connectivity index (χ3v) is 9.16. The van der Waals surface area contributed by atoms with Gasteiger partial charge in [0, 0.05) is 45.5 Å². The van der Waals surface area contributed by atoms with Crippen molar-refractivity contribution in [2.75, 3.05) is 26.2 Å². The Kier molecular flexibility index (Phi) is 6.39. The Hall–Kier alpha value is -5.24. The van der Waals surface area contributed by atoms with Crippen molar-refractivity contribution < 1.29 is 33.0 Å². The van der Waals surface area contributed by atoms with E-state index in [-0.39, 0.29) is 17.3 Å². The maximum Gasteiger partial charge on any atom is 0.186 e. The average molecular weight is 590 g/mol. The molecule has 8 heteroatoms. The molecule has 3 aliphatic rings. The topological polar surface area (TPSA) is 82.1 Å². The van der Waals surface area contributed by atoms with Gasteiger partial charge in [-0.15, -0.1) is 0 Å². The molecule has 2 heterocycles. The number of Topliss-reactive ketones (excluding diaryl/α,β-unsaturated/α-hetero) is 3. The Morgan fingerprint density at radius 3 is 2.18 bits per heavy atom. The SMILES string of the molecule is COc1cccc(C(=O)[C@H]2[C@H](c3ccc(OC)cc3OC)C3(C(=O)c4ccccc4C3=O)C3C=Cc4cc(F)ccc4N32)c1. The van der Waals surface area contributed by atoms with Gasteiger partial charge < -0.3 is 19.1 Å². The number of nitrogens with zero attached hydrogens (tertiary/aromatic N) is 1. The maximum atomic E-state index is 14.9. The van der Waals surface area contributed by atoms with E-state index in [1.165, 1.54) is 33.5 Å². The number of anilines is 1. The number of methoxy groups -OCH3 is 3. The predicted molar refractivity (Wildman–Crippen MR) is 163 cm³/mol. The van der Waals surface area contributed by atoms with Crippen molar-refractivity contribution in [2.24, 2.45) is 5.41 Å². The lowest BCUT2D eigenvalue weighted by Gasteiger charge is -2.37. The molecular weight excluding hydrogens is 561 g/mol. The lowest BCUT2D eigenvalue weighted by Crippen LogP contribution is -2.48. The van der Waals surface area contributed by atoms with Crippen LogP contribution in [0.3, 0.4) is 0 Å². The molecule has 0 radical (unpaired) electrons. The molecule has 7 nitrogen and oxygen atoms in total. The number of ether oxygens (including phenoxy) is 3. The minimum absolute atomic E-state index is 0.308. The summed E-state index contributed by atoms with van der Waals surface area (Å²) in [6.45, 7) is 0. The lowest BCUT2D eigenvalue weighted by molar-refractivity contribution is 0.0664. The van der Waals surface area contributed by atoms with Crippen molar-refractivity contribution >= 4 is 29.1 Å². The molecule has 1 fully saturated rings. The lowest BCUT2D eigenvalue weighted by atomic mass is 9.64. The van der Waals surface area contributed by atoms with Gasteiger partial charge >= 0.3 is 0 Å². The predicted octanol–water partition coefficient (Wildman–Crippen LogP) is 6.17. The summed E-state index contributed by atoms with van der Waals surface area (Å²) < 4.78 is 31.2. The van der Waals surface area contributed by atoms with Crippen LogP contribution in [0.5, 0.6) is 17.2 Å². The van der Waals surface area contributed by atoms with Gasteiger partial charge in [-0.2, -0.15) is 0 Å². The fraction of sp³-hybridized carbons (Fsp3) is 0.194. The normalized spacial score (nSPS) is 20.7. The molecule has 44 heavy (non-hydrogen) atoms. The number of benzene rings is 4. The number of hydrogen-bond donors (Lipinski definition) is 0. The molecule has 220 valence electrons. The quantitative estimate of drug-likeness (QED) is 0.197. The van der Waals surface area contributed by atoms with Gasteiger partial charge in [0.1, 0.15) is 34.5 Å². The van der Waals surface area contributed by atoms with Crippen molar-refractivity contribution in [2.45, 2.75) is 18.0 Å². The highest BCUT2D eigenvalue weighted by atomic mass is 19.1. The standard InChI is InChI=1S/C36H28FNO6/c1-42-23-8-6-7-21(18-23)33(39)32-31(27-14-13-24(43-2)19-29(27)44-3)36(34(40)25-9-4-5-10-26(25)35(36)41)30-16-11-20-17-22(37)12-15-28(20)38(30)32/h4-19,30-32H,1-3H3/t30?,31-,32+/m0/s1. The van der Waals surface area contributed by atoms with Crippen molar-refractivity contribution in [1.82, 2.24) is 0 Å². The Labute approximate surface area is 253 Å². The zero-order valence-corrected chi connectivity index (χ0v) is 24.2. The number of hydrogen-bond acceptors (Lipinski definition) is 7. The second-order valence-electron chi connectivity index (χ2n) is 11.1. The Morgan fingerprint density at radius 1 is 0.795 bits per heavy atom. The minimum atomic E-state index is -1.73. The van der Waals surface area contributed by atoms with Gasteiger partial charge in [-0.3, -0.25) is 14.4 Å². The molecule has 0 N–H and O–H groups in total. The number of rotatable bonds is 6. The summed E-state index contributed by atoms with van der Waals surface area (Å²) in [5.41, 5.74) is 0.827. The second-order valence-corrected chi connectivity index (χ2v) is 11.1. The fourth-order valence-corrected chi connectivity index (χ4v) is 7.31. The Morgan fingerprint density at radius 2 is 1.50 bits per heavy atom. The highest BCUT2D eigenvalue weighted by molar-refractivity contribution is 6.32. The monoisotopic (exact) mass is 589 g/mol. The Balaban J connectivity index is 1.57. The van der Waals surface area contributed by atoms with Gasteiger partial charge in [-0.1, -0.05) is 54.6 Å². The first-order chi connectivity index (χ1) is 21.3. The van der Waals surface area contributed by atoms with Crippen LogP contribution in [0, 0.1) is 11.2 Å². The van der Waals surface area contributed by atoms with Crippen LogP contribution in [0.15, 0.2) is 91.0 Å². The summed E-state index contributed by atoms with van der Waals surface area (Å²) in [6, 6.07) is 21.1. The molecule has 0 amide bonds. The van der Waals surface area contributed by atoms with Gasteiger partial charge in [0.25, 0.3) is 0 Å². The summed E-state index contributed by atoms with van der Waals surface area (Å²) in [4.78, 5) is 46.4. The second kappa shape index (κ2) is 10.2. The van der Waals surface area contributed by atoms with Crippen LogP contribution >= 0.6 is 0 Å². The van der Waals surface area contributed by atoms with Crippen LogP contribution in [0.4, 0.5) is 10.1 Å². The summed E-state index contributed by atoms with van der Waals surface area (Å²) in [7, 11) is 4.54. The molecule has 1 unspecified atom stereocenters. The van der Waals surface area contributed by atoms with E-state index in [2.05, 4.69) is 0 Å². The summed E-state index contributed by atoms with van der Waals surface area (Å²) >= 11 is 0. The van der Waals surface area contributed by atoms with Crippen molar-refractivity contribution in [3.63, 3.8) is 0 Å². The fourth-order valence-electron chi connectivity index (χ4n) is 7.31. The van der Waals surface area contributed by atoms with Gasteiger partial charge in [0.05, 0.1) is 27.4 Å². The van der Waals surface area contributed by atoms with Crippen LogP contribution in [-0.4, -0.2) is 50.8 Å². The van der Waals surface area contributed by atoms with E-state index in [1.54, 1.807) is 84.9 Å². The largest absolute Gasteiger partial charge is 0.497 e.